The van der Waals surface area contributed by atoms with Gasteiger partial charge in [-0.3, -0.25) is 0 Å². The summed E-state index contributed by atoms with van der Waals surface area (Å²) in [6.07, 6.45) is 6.80. The average molecular weight is 500 g/mol. The van der Waals surface area contributed by atoms with Crippen molar-refractivity contribution >= 4 is 8.37 Å². The molecule has 0 bridgehead atoms. The van der Waals surface area contributed by atoms with E-state index in [0.29, 0.717) is 0 Å². The number of hydrogen-bond donors (Lipinski definition) is 0. The summed E-state index contributed by atoms with van der Waals surface area (Å²) in [6.45, 7) is 44.2. The van der Waals surface area contributed by atoms with E-state index >= 15 is 0 Å². The number of nitrogens with zero attached hydrogens (tertiary/aromatic N) is 3. The van der Waals surface area contributed by atoms with Gasteiger partial charge in [0, 0.05) is 33.2 Å². The normalized spacial score (nSPS) is 15.4. The Balaban J connectivity index is 7.97. The zero-order chi connectivity index (χ0) is 27.6. The predicted octanol–water partition coefficient (Wildman–Crippen LogP) is 10.3. The molecule has 0 atom stereocenters. The molecule has 0 fully saturated rings. The number of hydrogen-bond acceptors (Lipinski definition) is 3. The van der Waals surface area contributed by atoms with E-state index in [4.69, 9.17) is 0 Å². The Kier molecular flexibility index (Phi) is 11.9. The molecule has 0 saturated carbocycles. The minimum absolute atomic E-state index is 0.0724. The standard InChI is InChI=1S/C30H66N3P/c1-19-25(7,8)31(26(9,10)20-2)34(32(27(11,12)21-3)28(13,14)22-4)33(29(15,16)23-5)30(17,18)24-6/h19-24H2,1-18H3. The van der Waals surface area contributed by atoms with E-state index in [1.807, 2.05) is 0 Å². The zero-order valence-corrected chi connectivity index (χ0v) is 27.9. The molecule has 4 heteroatoms. The summed E-state index contributed by atoms with van der Waals surface area (Å²) in [5.74, 6) is 0. The Morgan fingerprint density at radius 2 is 0.441 bits per heavy atom. The molecular weight excluding hydrogens is 433 g/mol. The Bertz CT molecular complexity index is 485. The fourth-order valence-electron chi connectivity index (χ4n) is 5.08. The first kappa shape index (κ1) is 34.3. The van der Waals surface area contributed by atoms with Crippen LogP contribution in [-0.2, 0) is 0 Å². The van der Waals surface area contributed by atoms with Crippen molar-refractivity contribution in [3.63, 3.8) is 0 Å². The fraction of sp³-hybridized carbons (Fsp3) is 1.00. The molecule has 0 N–H and O–H groups in total. The molecule has 0 aliphatic carbocycles. The second-order valence-corrected chi connectivity index (χ2v) is 15.9. The SMILES string of the molecule is CCC(C)(C)N(P(N(C(C)(C)CC)C(C)(C)CC)N(C(C)(C)CC)C(C)(C)CC)C(C)(C)CC. The molecule has 0 unspecified atom stereocenters. The highest BCUT2D eigenvalue weighted by Crippen LogP contribution is 2.66. The van der Waals surface area contributed by atoms with Gasteiger partial charge in [0.1, 0.15) is 8.37 Å². The fourth-order valence-corrected chi connectivity index (χ4v) is 9.37. The van der Waals surface area contributed by atoms with Crippen molar-refractivity contribution < 1.29 is 0 Å². The van der Waals surface area contributed by atoms with E-state index in [-0.39, 0.29) is 33.2 Å². The molecule has 0 aromatic rings. The summed E-state index contributed by atoms with van der Waals surface area (Å²) in [5.41, 5.74) is 0.435. The van der Waals surface area contributed by atoms with Crippen LogP contribution < -0.4 is 0 Å². The van der Waals surface area contributed by atoms with Crippen LogP contribution in [0.1, 0.15) is 163 Å². The molecule has 0 spiro atoms. The van der Waals surface area contributed by atoms with Gasteiger partial charge in [-0.2, -0.15) is 0 Å². The van der Waals surface area contributed by atoms with Gasteiger partial charge < -0.3 is 0 Å². The summed E-state index contributed by atoms with van der Waals surface area (Å²) in [6, 6.07) is 0. The van der Waals surface area contributed by atoms with E-state index in [1.54, 1.807) is 0 Å². The molecule has 0 amide bonds. The number of rotatable bonds is 15. The maximum absolute atomic E-state index is 2.99. The van der Waals surface area contributed by atoms with E-state index in [9.17, 15) is 0 Å². The summed E-state index contributed by atoms with van der Waals surface area (Å²) in [4.78, 5) is 0. The van der Waals surface area contributed by atoms with Crippen LogP contribution in [0.25, 0.3) is 0 Å². The van der Waals surface area contributed by atoms with E-state index in [0.717, 1.165) is 38.5 Å². The first-order chi connectivity index (χ1) is 15.1. The molecule has 0 radical (unpaired) electrons. The molecule has 0 aliphatic heterocycles. The Labute approximate surface area is 218 Å². The van der Waals surface area contributed by atoms with Gasteiger partial charge in [-0.1, -0.05) is 41.5 Å². The van der Waals surface area contributed by atoms with E-state index in [2.05, 4.69) is 139 Å². The smallest absolute Gasteiger partial charge is 0.123 e. The third-order valence-corrected chi connectivity index (χ3v) is 13.5. The lowest BCUT2D eigenvalue weighted by Gasteiger charge is -2.67. The van der Waals surface area contributed by atoms with Gasteiger partial charge in [-0.05, 0) is 122 Å². The molecule has 0 rings (SSSR count). The van der Waals surface area contributed by atoms with Gasteiger partial charge in [0.15, 0.2) is 0 Å². The second kappa shape index (κ2) is 11.8. The zero-order valence-electron chi connectivity index (χ0n) is 27.0. The largest absolute Gasteiger partial charge is 0.246 e. The molecule has 0 heterocycles. The molecule has 206 valence electrons. The predicted molar refractivity (Wildman–Crippen MR) is 159 cm³/mol. The topological polar surface area (TPSA) is 9.72 Å². The molecule has 0 aromatic carbocycles. The third-order valence-electron chi connectivity index (χ3n) is 9.17. The lowest BCUT2D eigenvalue weighted by Crippen LogP contribution is -2.66. The Morgan fingerprint density at radius 3 is 0.529 bits per heavy atom. The quantitative estimate of drug-likeness (QED) is 0.207. The highest BCUT2D eigenvalue weighted by Gasteiger charge is 2.56. The second-order valence-electron chi connectivity index (χ2n) is 14.2. The molecular formula is C30H66N3P. The third kappa shape index (κ3) is 7.20. The van der Waals surface area contributed by atoms with Gasteiger partial charge in [0.05, 0.1) is 0 Å². The summed E-state index contributed by atoms with van der Waals surface area (Å²) < 4.78 is 8.96. The maximum atomic E-state index is 2.99. The molecule has 3 nitrogen and oxygen atoms in total. The summed E-state index contributed by atoms with van der Waals surface area (Å²) in [5, 5.41) is 0. The Hall–Kier alpha value is 0.310. The van der Waals surface area contributed by atoms with E-state index < -0.39 is 8.37 Å². The van der Waals surface area contributed by atoms with Crippen molar-refractivity contribution in [1.82, 2.24) is 14.0 Å². The minimum Gasteiger partial charge on any atom is -0.246 e. The molecule has 0 aromatic heterocycles. The van der Waals surface area contributed by atoms with Crippen LogP contribution in [0.4, 0.5) is 0 Å². The van der Waals surface area contributed by atoms with Gasteiger partial charge >= 0.3 is 0 Å². The first-order valence-electron chi connectivity index (χ1n) is 14.3. The lowest BCUT2D eigenvalue weighted by molar-refractivity contribution is 0.0151. The van der Waals surface area contributed by atoms with Crippen LogP contribution in [0.2, 0.25) is 0 Å². The van der Waals surface area contributed by atoms with Crippen molar-refractivity contribution in [2.75, 3.05) is 0 Å². The van der Waals surface area contributed by atoms with Crippen LogP contribution in [0, 0.1) is 0 Å². The summed E-state index contributed by atoms with van der Waals surface area (Å²) >= 11 is 0. The molecule has 34 heavy (non-hydrogen) atoms. The molecule has 0 aliphatic rings. The van der Waals surface area contributed by atoms with Crippen molar-refractivity contribution in [3.8, 4) is 0 Å². The minimum atomic E-state index is -0.814. The summed E-state index contributed by atoms with van der Waals surface area (Å²) in [7, 11) is -0.814. The van der Waals surface area contributed by atoms with Crippen molar-refractivity contribution in [2.45, 2.75) is 196 Å². The van der Waals surface area contributed by atoms with Crippen LogP contribution in [0.3, 0.4) is 0 Å². The van der Waals surface area contributed by atoms with Crippen LogP contribution in [0.5, 0.6) is 0 Å². The van der Waals surface area contributed by atoms with Crippen molar-refractivity contribution in [1.29, 1.82) is 0 Å². The van der Waals surface area contributed by atoms with Crippen LogP contribution >= 0.6 is 8.37 Å². The monoisotopic (exact) mass is 499 g/mol. The average Bonchev–Trinajstić information content (AvgIpc) is 2.72. The van der Waals surface area contributed by atoms with Crippen molar-refractivity contribution in [3.05, 3.63) is 0 Å². The van der Waals surface area contributed by atoms with Gasteiger partial charge in [0.2, 0.25) is 0 Å². The van der Waals surface area contributed by atoms with Crippen LogP contribution in [-0.4, -0.2) is 47.2 Å². The maximum Gasteiger partial charge on any atom is 0.123 e. The molecule has 0 saturated heterocycles. The van der Waals surface area contributed by atoms with Gasteiger partial charge in [-0.15, -0.1) is 0 Å². The Morgan fingerprint density at radius 1 is 0.324 bits per heavy atom. The lowest BCUT2D eigenvalue weighted by atomic mass is 9.93. The first-order valence-corrected chi connectivity index (χ1v) is 15.5. The van der Waals surface area contributed by atoms with Gasteiger partial charge in [0.25, 0.3) is 0 Å². The highest BCUT2D eigenvalue weighted by atomic mass is 31.2. The van der Waals surface area contributed by atoms with E-state index in [1.165, 1.54) is 0 Å². The highest BCUT2D eigenvalue weighted by molar-refractivity contribution is 7.50. The van der Waals surface area contributed by atoms with Crippen molar-refractivity contribution in [2.24, 2.45) is 0 Å². The van der Waals surface area contributed by atoms with Gasteiger partial charge in [-0.25, -0.2) is 14.0 Å². The van der Waals surface area contributed by atoms with Crippen LogP contribution in [0.15, 0.2) is 0 Å².